The van der Waals surface area contributed by atoms with E-state index in [-0.39, 0.29) is 5.54 Å². The first-order valence-electron chi connectivity index (χ1n) is 8.18. The van der Waals surface area contributed by atoms with Gasteiger partial charge in [0.1, 0.15) is 0 Å². The Morgan fingerprint density at radius 1 is 1.00 bits per heavy atom. The predicted molar refractivity (Wildman–Crippen MR) is 94.0 cm³/mol. The standard InChI is InChI=1S/C19H28N2/c1-4-14-19(5-2,15-20)21(6-3)18-13-9-11-16-10-7-8-12-17(16)18/h7-13H,4-6,14-15,20H2,1-3H3. The van der Waals surface area contributed by atoms with Gasteiger partial charge in [0.05, 0.1) is 5.54 Å². The van der Waals surface area contributed by atoms with Crippen LogP contribution < -0.4 is 10.6 Å². The summed E-state index contributed by atoms with van der Waals surface area (Å²) in [6.07, 6.45) is 3.37. The predicted octanol–water partition coefficient (Wildman–Crippen LogP) is 4.57. The molecule has 21 heavy (non-hydrogen) atoms. The summed E-state index contributed by atoms with van der Waals surface area (Å²) in [5.41, 5.74) is 7.60. The number of fused-ring (bicyclic) bond motifs is 1. The summed E-state index contributed by atoms with van der Waals surface area (Å²) in [4.78, 5) is 2.53. The second kappa shape index (κ2) is 6.95. The highest BCUT2D eigenvalue weighted by atomic mass is 15.2. The summed E-state index contributed by atoms with van der Waals surface area (Å²) in [6.45, 7) is 8.43. The Bertz CT molecular complexity index is 567. The molecule has 114 valence electrons. The van der Waals surface area contributed by atoms with Gasteiger partial charge in [0, 0.05) is 24.2 Å². The van der Waals surface area contributed by atoms with E-state index in [1.165, 1.54) is 16.5 Å². The fourth-order valence-corrected chi connectivity index (χ4v) is 3.53. The van der Waals surface area contributed by atoms with Gasteiger partial charge in [-0.15, -0.1) is 0 Å². The summed E-state index contributed by atoms with van der Waals surface area (Å²) in [6, 6.07) is 15.2. The van der Waals surface area contributed by atoms with Crippen molar-refractivity contribution in [3.63, 3.8) is 0 Å². The molecule has 2 nitrogen and oxygen atoms in total. The largest absolute Gasteiger partial charge is 0.364 e. The zero-order chi connectivity index (χ0) is 15.3. The number of nitrogens with zero attached hydrogens (tertiary/aromatic N) is 1. The van der Waals surface area contributed by atoms with E-state index in [1.807, 2.05) is 0 Å². The summed E-state index contributed by atoms with van der Waals surface area (Å²) in [5, 5.41) is 2.62. The van der Waals surface area contributed by atoms with Crippen molar-refractivity contribution in [2.24, 2.45) is 5.73 Å². The average Bonchev–Trinajstić information content (AvgIpc) is 2.54. The lowest BCUT2D eigenvalue weighted by Crippen LogP contribution is -2.54. The van der Waals surface area contributed by atoms with Crippen molar-refractivity contribution in [3.8, 4) is 0 Å². The van der Waals surface area contributed by atoms with Crippen molar-refractivity contribution in [1.29, 1.82) is 0 Å². The molecule has 2 N–H and O–H groups in total. The van der Waals surface area contributed by atoms with E-state index in [0.717, 1.165) is 25.8 Å². The average molecular weight is 284 g/mol. The molecule has 0 aliphatic carbocycles. The van der Waals surface area contributed by atoms with Gasteiger partial charge < -0.3 is 10.6 Å². The monoisotopic (exact) mass is 284 g/mol. The third-order valence-electron chi connectivity index (χ3n) is 4.70. The molecule has 0 fully saturated rings. The van der Waals surface area contributed by atoms with Gasteiger partial charge in [0.15, 0.2) is 0 Å². The minimum Gasteiger partial charge on any atom is -0.364 e. The fraction of sp³-hybridized carbons (Fsp3) is 0.474. The molecule has 2 heteroatoms. The van der Waals surface area contributed by atoms with Gasteiger partial charge >= 0.3 is 0 Å². The smallest absolute Gasteiger partial charge is 0.0521 e. The third-order valence-corrected chi connectivity index (χ3v) is 4.70. The molecule has 0 aromatic heterocycles. The molecule has 0 saturated carbocycles. The van der Waals surface area contributed by atoms with E-state index in [2.05, 4.69) is 68.1 Å². The maximum Gasteiger partial charge on any atom is 0.0521 e. The zero-order valence-corrected chi connectivity index (χ0v) is 13.6. The first-order valence-corrected chi connectivity index (χ1v) is 8.18. The minimum absolute atomic E-state index is 0.0631. The molecule has 0 saturated heterocycles. The lowest BCUT2D eigenvalue weighted by Gasteiger charge is -2.45. The third kappa shape index (κ3) is 2.91. The van der Waals surface area contributed by atoms with Crippen LogP contribution in [0.5, 0.6) is 0 Å². The Kier molecular flexibility index (Phi) is 5.24. The first kappa shape index (κ1) is 15.8. The van der Waals surface area contributed by atoms with Crippen LogP contribution in [-0.4, -0.2) is 18.6 Å². The molecule has 0 heterocycles. The van der Waals surface area contributed by atoms with Crippen LogP contribution >= 0.6 is 0 Å². The maximum absolute atomic E-state index is 6.22. The normalized spacial score (nSPS) is 14.1. The highest BCUT2D eigenvalue weighted by molar-refractivity contribution is 5.94. The van der Waals surface area contributed by atoms with E-state index in [0.29, 0.717) is 6.54 Å². The van der Waals surface area contributed by atoms with E-state index in [9.17, 15) is 0 Å². The summed E-state index contributed by atoms with van der Waals surface area (Å²) < 4.78 is 0. The second-order valence-corrected chi connectivity index (χ2v) is 5.77. The Morgan fingerprint density at radius 3 is 2.33 bits per heavy atom. The quantitative estimate of drug-likeness (QED) is 0.806. The van der Waals surface area contributed by atoms with E-state index >= 15 is 0 Å². The van der Waals surface area contributed by atoms with Gasteiger partial charge in [-0.2, -0.15) is 0 Å². The topological polar surface area (TPSA) is 29.3 Å². The number of anilines is 1. The molecule has 1 atom stereocenters. The number of likely N-dealkylation sites (N-methyl/N-ethyl adjacent to an activating group) is 1. The lowest BCUT2D eigenvalue weighted by atomic mass is 9.87. The molecule has 0 spiro atoms. The SMILES string of the molecule is CCCC(CC)(CN)N(CC)c1cccc2ccccc12. The van der Waals surface area contributed by atoms with Gasteiger partial charge in [-0.25, -0.2) is 0 Å². The maximum atomic E-state index is 6.22. The Balaban J connectivity index is 2.57. The van der Waals surface area contributed by atoms with E-state index < -0.39 is 0 Å². The van der Waals surface area contributed by atoms with E-state index in [4.69, 9.17) is 5.73 Å². The number of hydrogen-bond donors (Lipinski definition) is 1. The number of benzene rings is 2. The van der Waals surface area contributed by atoms with Gasteiger partial charge in [0.25, 0.3) is 0 Å². The van der Waals surface area contributed by atoms with Crippen molar-refractivity contribution in [2.75, 3.05) is 18.0 Å². The molecule has 0 aliphatic rings. The number of rotatable bonds is 7. The molecule has 0 amide bonds. The van der Waals surface area contributed by atoms with Crippen LogP contribution in [0.15, 0.2) is 42.5 Å². The van der Waals surface area contributed by atoms with Crippen LogP contribution in [0.2, 0.25) is 0 Å². The fourth-order valence-electron chi connectivity index (χ4n) is 3.53. The molecular formula is C19H28N2. The van der Waals surface area contributed by atoms with Gasteiger partial charge in [-0.1, -0.05) is 56.7 Å². The van der Waals surface area contributed by atoms with Gasteiger partial charge in [-0.3, -0.25) is 0 Å². The van der Waals surface area contributed by atoms with Crippen molar-refractivity contribution in [1.82, 2.24) is 0 Å². The highest BCUT2D eigenvalue weighted by Crippen LogP contribution is 2.35. The van der Waals surface area contributed by atoms with Crippen LogP contribution in [0.25, 0.3) is 10.8 Å². The summed E-state index contributed by atoms with van der Waals surface area (Å²) in [5.74, 6) is 0. The summed E-state index contributed by atoms with van der Waals surface area (Å²) >= 11 is 0. The molecule has 2 aromatic carbocycles. The Morgan fingerprint density at radius 2 is 1.71 bits per heavy atom. The molecular weight excluding hydrogens is 256 g/mol. The van der Waals surface area contributed by atoms with Crippen molar-refractivity contribution < 1.29 is 0 Å². The molecule has 2 rings (SSSR count). The molecule has 2 aromatic rings. The van der Waals surface area contributed by atoms with Crippen LogP contribution in [0.1, 0.15) is 40.0 Å². The van der Waals surface area contributed by atoms with E-state index in [1.54, 1.807) is 0 Å². The summed E-state index contributed by atoms with van der Waals surface area (Å²) in [7, 11) is 0. The minimum atomic E-state index is 0.0631. The highest BCUT2D eigenvalue weighted by Gasteiger charge is 2.32. The van der Waals surface area contributed by atoms with Crippen LogP contribution in [0.4, 0.5) is 5.69 Å². The molecule has 0 bridgehead atoms. The number of hydrogen-bond acceptors (Lipinski definition) is 2. The first-order chi connectivity index (χ1) is 10.2. The Hall–Kier alpha value is -1.54. The molecule has 1 unspecified atom stereocenters. The van der Waals surface area contributed by atoms with Gasteiger partial charge in [-0.05, 0) is 31.2 Å². The zero-order valence-electron chi connectivity index (χ0n) is 13.6. The van der Waals surface area contributed by atoms with Crippen molar-refractivity contribution in [2.45, 2.75) is 45.6 Å². The Labute approximate surface area is 128 Å². The van der Waals surface area contributed by atoms with Crippen molar-refractivity contribution in [3.05, 3.63) is 42.5 Å². The lowest BCUT2D eigenvalue weighted by molar-refractivity contribution is 0.355. The molecule has 0 radical (unpaired) electrons. The molecule has 0 aliphatic heterocycles. The number of nitrogens with two attached hydrogens (primary N) is 1. The van der Waals surface area contributed by atoms with Crippen LogP contribution in [-0.2, 0) is 0 Å². The van der Waals surface area contributed by atoms with Gasteiger partial charge in [0.2, 0.25) is 0 Å². The van der Waals surface area contributed by atoms with Crippen LogP contribution in [0.3, 0.4) is 0 Å². The van der Waals surface area contributed by atoms with Crippen molar-refractivity contribution >= 4 is 16.5 Å². The second-order valence-electron chi connectivity index (χ2n) is 5.77. The van der Waals surface area contributed by atoms with Crippen LogP contribution in [0, 0.1) is 0 Å².